The third-order valence-electron chi connectivity index (χ3n) is 3.19. The monoisotopic (exact) mass is 382 g/mol. The third-order valence-corrected chi connectivity index (χ3v) is 3.60. The van der Waals surface area contributed by atoms with E-state index in [0.29, 0.717) is 0 Å². The first kappa shape index (κ1) is 24.2. The van der Waals surface area contributed by atoms with E-state index in [4.69, 9.17) is 14.6 Å². The van der Waals surface area contributed by atoms with Crippen molar-refractivity contribution in [1.82, 2.24) is 0 Å². The van der Waals surface area contributed by atoms with Gasteiger partial charge >= 0.3 is 11.9 Å². The maximum atomic E-state index is 11.6. The summed E-state index contributed by atoms with van der Waals surface area (Å²) in [5.74, 6) is -1.13. The number of carbonyl (C=O) groups excluding carboxylic acids is 2. The quantitative estimate of drug-likeness (QED) is 0.161. The normalized spacial score (nSPS) is 13.2. The van der Waals surface area contributed by atoms with Crippen LogP contribution >= 0.6 is 11.8 Å². The largest absolute Gasteiger partial charge is 0.458 e. The molecule has 6 heteroatoms. The molecule has 0 heterocycles. The van der Waals surface area contributed by atoms with Gasteiger partial charge in [-0.3, -0.25) is 0 Å². The molecule has 1 N–H and O–H groups in total. The summed E-state index contributed by atoms with van der Waals surface area (Å²) < 4.78 is 9.90. The smallest absolute Gasteiger partial charge is 0.331 e. The van der Waals surface area contributed by atoms with E-state index in [1.54, 1.807) is 17.7 Å². The molecule has 0 aromatic rings. The number of aliphatic hydroxyl groups excluding tert-OH is 1. The van der Waals surface area contributed by atoms with Gasteiger partial charge in [0.05, 0.1) is 6.61 Å². The molecule has 0 unspecified atom stereocenters. The number of esters is 2. The summed E-state index contributed by atoms with van der Waals surface area (Å²) in [6.07, 6.45) is 18.8. The van der Waals surface area contributed by atoms with Gasteiger partial charge < -0.3 is 14.6 Å². The Morgan fingerprint density at radius 2 is 1.77 bits per heavy atom. The van der Waals surface area contributed by atoms with Crippen molar-refractivity contribution in [2.45, 2.75) is 45.1 Å². The first-order valence-electron chi connectivity index (χ1n) is 8.76. The lowest BCUT2D eigenvalue weighted by Crippen LogP contribution is -2.27. The van der Waals surface area contributed by atoms with E-state index < -0.39 is 24.6 Å². The number of rotatable bonds is 14. The molecule has 146 valence electrons. The van der Waals surface area contributed by atoms with Crippen LogP contribution in [0.2, 0.25) is 0 Å². The molecular formula is C20H30O5S. The number of thioether (sulfide) groups is 1. The van der Waals surface area contributed by atoms with Crippen LogP contribution < -0.4 is 0 Å². The van der Waals surface area contributed by atoms with Crippen LogP contribution in [-0.2, 0) is 19.1 Å². The second-order valence-corrected chi connectivity index (χ2v) is 6.15. The van der Waals surface area contributed by atoms with Crippen molar-refractivity contribution < 1.29 is 24.2 Å². The fourth-order valence-corrected chi connectivity index (χ4v) is 2.10. The summed E-state index contributed by atoms with van der Waals surface area (Å²) in [5, 5.41) is 10.7. The Labute approximate surface area is 160 Å². The van der Waals surface area contributed by atoms with Gasteiger partial charge in [0.25, 0.3) is 0 Å². The summed E-state index contributed by atoms with van der Waals surface area (Å²) in [6, 6.07) is 0. The van der Waals surface area contributed by atoms with Crippen LogP contribution in [0.25, 0.3) is 0 Å². The van der Waals surface area contributed by atoms with Gasteiger partial charge in [0.1, 0.15) is 6.61 Å². The first-order chi connectivity index (χ1) is 12.6. The van der Waals surface area contributed by atoms with Crippen molar-refractivity contribution in [3.8, 4) is 0 Å². The maximum absolute atomic E-state index is 11.6. The van der Waals surface area contributed by atoms with Crippen LogP contribution in [-0.4, -0.2) is 42.6 Å². The minimum atomic E-state index is -0.871. The molecule has 0 aliphatic heterocycles. The average molecular weight is 383 g/mol. The summed E-state index contributed by atoms with van der Waals surface area (Å²) >= 11 is 1.36. The fourth-order valence-electron chi connectivity index (χ4n) is 1.85. The Hall–Kier alpha value is -1.79. The van der Waals surface area contributed by atoms with Crippen LogP contribution in [0.5, 0.6) is 0 Å². The van der Waals surface area contributed by atoms with Gasteiger partial charge in [-0.1, -0.05) is 36.8 Å². The highest BCUT2D eigenvalue weighted by molar-refractivity contribution is 8.01. The molecular weight excluding hydrogens is 352 g/mol. The van der Waals surface area contributed by atoms with Crippen molar-refractivity contribution in [3.63, 3.8) is 0 Å². The highest BCUT2D eigenvalue weighted by Gasteiger charge is 2.13. The van der Waals surface area contributed by atoms with E-state index in [1.165, 1.54) is 36.8 Å². The molecule has 0 aromatic carbocycles. The average Bonchev–Trinajstić information content (AvgIpc) is 2.64. The van der Waals surface area contributed by atoms with Crippen molar-refractivity contribution in [2.24, 2.45) is 0 Å². The molecule has 0 amide bonds. The predicted molar refractivity (Wildman–Crippen MR) is 107 cm³/mol. The molecule has 0 rings (SSSR count). The minimum absolute atomic E-state index is 0.186. The zero-order valence-corrected chi connectivity index (χ0v) is 16.5. The van der Waals surface area contributed by atoms with E-state index in [2.05, 4.69) is 12.2 Å². The van der Waals surface area contributed by atoms with Gasteiger partial charge in [0, 0.05) is 12.2 Å². The van der Waals surface area contributed by atoms with Gasteiger partial charge in [-0.15, -0.1) is 11.8 Å². The van der Waals surface area contributed by atoms with Gasteiger partial charge in [-0.2, -0.15) is 0 Å². The second-order valence-electron chi connectivity index (χ2n) is 5.40. The van der Waals surface area contributed by atoms with Crippen molar-refractivity contribution in [2.75, 3.05) is 19.5 Å². The minimum Gasteiger partial charge on any atom is -0.458 e. The van der Waals surface area contributed by atoms with E-state index in [0.717, 1.165) is 19.3 Å². The van der Waals surface area contributed by atoms with Gasteiger partial charge in [-0.05, 0) is 44.3 Å². The number of hydrogen-bond acceptors (Lipinski definition) is 6. The fraction of sp³-hybridized carbons (Fsp3) is 0.500. The van der Waals surface area contributed by atoms with E-state index in [9.17, 15) is 9.59 Å². The first-order valence-corrected chi connectivity index (χ1v) is 10.0. The molecule has 0 radical (unpaired) electrons. The highest BCUT2D eigenvalue weighted by Crippen LogP contribution is 2.04. The lowest BCUT2D eigenvalue weighted by Gasteiger charge is -2.13. The van der Waals surface area contributed by atoms with Crippen molar-refractivity contribution in [3.05, 3.63) is 47.9 Å². The van der Waals surface area contributed by atoms with Crippen LogP contribution in [0.15, 0.2) is 47.9 Å². The van der Waals surface area contributed by atoms with Crippen LogP contribution in [0, 0.1) is 0 Å². The molecule has 0 aliphatic carbocycles. The SMILES string of the molecule is C/C=C/CCCCC/C=C/C=C\C(=O)OC[C@@H](CO)OC(=O)/C=C/SC. The van der Waals surface area contributed by atoms with Gasteiger partial charge in [-0.25, -0.2) is 9.59 Å². The number of hydrogen-bond donors (Lipinski definition) is 1. The molecule has 0 fully saturated rings. The lowest BCUT2D eigenvalue weighted by atomic mass is 10.1. The molecule has 0 aromatic heterocycles. The van der Waals surface area contributed by atoms with E-state index in [-0.39, 0.29) is 6.61 Å². The molecule has 0 spiro atoms. The number of aliphatic hydroxyl groups is 1. The molecule has 5 nitrogen and oxygen atoms in total. The summed E-state index contributed by atoms with van der Waals surface area (Å²) in [6.45, 7) is 1.43. The number of allylic oxidation sites excluding steroid dienone is 5. The van der Waals surface area contributed by atoms with Crippen molar-refractivity contribution >= 4 is 23.7 Å². The van der Waals surface area contributed by atoms with Gasteiger partial charge in [0.2, 0.25) is 0 Å². The van der Waals surface area contributed by atoms with Crippen molar-refractivity contribution in [1.29, 1.82) is 0 Å². The summed E-state index contributed by atoms with van der Waals surface area (Å²) in [7, 11) is 0. The van der Waals surface area contributed by atoms with Gasteiger partial charge in [0.15, 0.2) is 6.10 Å². The van der Waals surface area contributed by atoms with Crippen LogP contribution in [0.3, 0.4) is 0 Å². The topological polar surface area (TPSA) is 72.8 Å². The maximum Gasteiger partial charge on any atom is 0.331 e. The number of unbranched alkanes of at least 4 members (excludes halogenated alkanes) is 4. The summed E-state index contributed by atoms with van der Waals surface area (Å²) in [5.41, 5.74) is 0. The van der Waals surface area contributed by atoms with E-state index in [1.807, 2.05) is 19.1 Å². The van der Waals surface area contributed by atoms with E-state index >= 15 is 0 Å². The molecule has 0 aliphatic rings. The lowest BCUT2D eigenvalue weighted by molar-refractivity contribution is -0.154. The summed E-state index contributed by atoms with van der Waals surface area (Å²) in [4.78, 5) is 23.0. The van der Waals surface area contributed by atoms with Crippen LogP contribution in [0.1, 0.15) is 39.0 Å². The zero-order chi connectivity index (χ0) is 19.5. The third kappa shape index (κ3) is 15.7. The number of ether oxygens (including phenoxy) is 2. The molecule has 0 bridgehead atoms. The molecule has 0 saturated heterocycles. The Kier molecular flexibility index (Phi) is 16.8. The molecule has 26 heavy (non-hydrogen) atoms. The standard InChI is InChI=1S/C20H30O5S/c1-3-4-5-6-7-8-9-10-11-12-13-19(22)24-17-18(16-21)25-20(23)14-15-26-2/h3-4,10-15,18,21H,5-9,16-17H2,1-2H3/b4-3+,11-10+,13-12-,15-14+/t18-/m1/s1. The Morgan fingerprint density at radius 1 is 1.04 bits per heavy atom. The zero-order valence-electron chi connectivity index (χ0n) is 15.6. The Morgan fingerprint density at radius 3 is 2.42 bits per heavy atom. The number of carbonyl (C=O) groups is 2. The molecule has 1 atom stereocenters. The second kappa shape index (κ2) is 18.0. The predicted octanol–water partition coefficient (Wildman–Crippen LogP) is 3.95. The Bertz CT molecular complexity index is 494. The Balaban J connectivity index is 3.90. The highest BCUT2D eigenvalue weighted by atomic mass is 32.2. The molecule has 0 saturated carbocycles. The van der Waals surface area contributed by atoms with Crippen LogP contribution in [0.4, 0.5) is 0 Å².